The van der Waals surface area contributed by atoms with Gasteiger partial charge in [-0.1, -0.05) is 0 Å². The largest absolute Gasteiger partial charge is 0.493 e. The van der Waals surface area contributed by atoms with Crippen molar-refractivity contribution in [2.75, 3.05) is 40.2 Å². The first-order chi connectivity index (χ1) is 9.40. The maximum atomic E-state index is 11.5. The summed E-state index contributed by atoms with van der Waals surface area (Å²) < 4.78 is 10.1. The summed E-state index contributed by atoms with van der Waals surface area (Å²) in [6, 6.07) is 2.68. The number of nitro groups is 1. The second kappa shape index (κ2) is 6.60. The van der Waals surface area contributed by atoms with Crippen molar-refractivity contribution in [1.82, 2.24) is 4.90 Å². The number of likely N-dealkylation sites (N-methyl/N-ethyl adjacent to an activating group) is 1. The summed E-state index contributed by atoms with van der Waals surface area (Å²) in [5.74, 6) is 0.399. The Bertz CT molecular complexity index is 516. The summed E-state index contributed by atoms with van der Waals surface area (Å²) in [7, 11) is 6.03. The van der Waals surface area contributed by atoms with Crippen molar-refractivity contribution in [2.45, 2.75) is 0 Å². The van der Waals surface area contributed by atoms with E-state index in [1.807, 2.05) is 0 Å². The van der Waals surface area contributed by atoms with E-state index in [9.17, 15) is 14.9 Å². The highest BCUT2D eigenvalue weighted by atomic mass is 16.6. The third-order valence-corrected chi connectivity index (χ3v) is 2.63. The predicted molar refractivity (Wildman–Crippen MR) is 73.4 cm³/mol. The van der Waals surface area contributed by atoms with Gasteiger partial charge in [-0.05, 0) is 0 Å². The first-order valence-electron chi connectivity index (χ1n) is 5.75. The molecule has 0 aliphatic rings. The monoisotopic (exact) mass is 283 g/mol. The molecular formula is C12H17N3O5. The van der Waals surface area contributed by atoms with Crippen LogP contribution >= 0.6 is 0 Å². The number of nitrogens with zero attached hydrogens (tertiary/aromatic N) is 2. The molecule has 0 aromatic heterocycles. The SMILES string of the molecule is COc1cc(NCC(=O)N(C)C)c([N+](=O)[O-])cc1OC. The summed E-state index contributed by atoms with van der Waals surface area (Å²) in [6.07, 6.45) is 0. The molecule has 8 heteroatoms. The first kappa shape index (κ1) is 15.5. The fraction of sp³-hybridized carbons (Fsp3) is 0.417. The number of carbonyl (C=O) groups excluding carboxylic acids is 1. The van der Waals surface area contributed by atoms with Crippen LogP contribution in [0.1, 0.15) is 0 Å². The number of anilines is 1. The Morgan fingerprint density at radius 2 is 1.85 bits per heavy atom. The Kier molecular flexibility index (Phi) is 5.13. The molecule has 0 atom stereocenters. The molecule has 110 valence electrons. The second-order valence-corrected chi connectivity index (χ2v) is 4.12. The van der Waals surface area contributed by atoms with Gasteiger partial charge in [0.1, 0.15) is 5.69 Å². The highest BCUT2D eigenvalue weighted by Gasteiger charge is 2.20. The summed E-state index contributed by atoms with van der Waals surface area (Å²) in [4.78, 5) is 23.4. The normalized spacial score (nSPS) is 9.80. The minimum absolute atomic E-state index is 0.0523. The summed E-state index contributed by atoms with van der Waals surface area (Å²) in [6.45, 7) is -0.0523. The van der Waals surface area contributed by atoms with Crippen LogP contribution in [0.25, 0.3) is 0 Å². The zero-order valence-corrected chi connectivity index (χ0v) is 11.8. The van der Waals surface area contributed by atoms with Crippen molar-refractivity contribution >= 4 is 17.3 Å². The van der Waals surface area contributed by atoms with Crippen LogP contribution in [-0.2, 0) is 4.79 Å². The molecule has 1 aromatic carbocycles. The van der Waals surface area contributed by atoms with Gasteiger partial charge in [-0.3, -0.25) is 14.9 Å². The number of nitrogens with one attached hydrogen (secondary N) is 1. The molecule has 8 nitrogen and oxygen atoms in total. The molecule has 0 heterocycles. The highest BCUT2D eigenvalue weighted by Crippen LogP contribution is 2.37. The quantitative estimate of drug-likeness (QED) is 0.621. The van der Waals surface area contributed by atoms with E-state index in [2.05, 4.69) is 5.32 Å². The van der Waals surface area contributed by atoms with Crippen LogP contribution in [0.4, 0.5) is 11.4 Å². The Balaban J connectivity index is 3.09. The fourth-order valence-electron chi connectivity index (χ4n) is 1.49. The van der Waals surface area contributed by atoms with Crippen LogP contribution in [0, 0.1) is 10.1 Å². The fourth-order valence-corrected chi connectivity index (χ4v) is 1.49. The van der Waals surface area contributed by atoms with E-state index < -0.39 is 4.92 Å². The zero-order valence-electron chi connectivity index (χ0n) is 11.8. The van der Waals surface area contributed by atoms with Gasteiger partial charge in [0, 0.05) is 20.2 Å². The summed E-state index contributed by atoms with van der Waals surface area (Å²) in [5.41, 5.74) is 0.0112. The van der Waals surface area contributed by atoms with Crippen LogP contribution in [0.15, 0.2) is 12.1 Å². The standard InChI is InChI=1S/C12H17N3O5/c1-14(2)12(16)7-13-8-5-10(19-3)11(20-4)6-9(8)15(17)18/h5-6,13H,7H2,1-4H3. The summed E-state index contributed by atoms with van der Waals surface area (Å²) >= 11 is 0. The van der Waals surface area contributed by atoms with Gasteiger partial charge >= 0.3 is 0 Å². The number of nitro benzene ring substituents is 1. The first-order valence-corrected chi connectivity index (χ1v) is 5.75. The lowest BCUT2D eigenvalue weighted by atomic mass is 10.2. The Labute approximate surface area is 116 Å². The van der Waals surface area contributed by atoms with Crippen LogP contribution < -0.4 is 14.8 Å². The number of methoxy groups -OCH3 is 2. The predicted octanol–water partition coefficient (Wildman–Crippen LogP) is 1.11. The minimum atomic E-state index is -0.551. The molecule has 0 saturated carbocycles. The van der Waals surface area contributed by atoms with Gasteiger partial charge in [-0.25, -0.2) is 0 Å². The van der Waals surface area contributed by atoms with Crippen LogP contribution in [-0.4, -0.2) is 50.6 Å². The van der Waals surface area contributed by atoms with Crippen molar-refractivity contribution < 1.29 is 19.2 Å². The van der Waals surface area contributed by atoms with Gasteiger partial charge in [0.25, 0.3) is 5.69 Å². The highest BCUT2D eigenvalue weighted by molar-refractivity contribution is 5.82. The number of ether oxygens (including phenoxy) is 2. The second-order valence-electron chi connectivity index (χ2n) is 4.12. The van der Waals surface area contributed by atoms with Crippen LogP contribution in [0.2, 0.25) is 0 Å². The molecule has 0 aliphatic carbocycles. The lowest BCUT2D eigenvalue weighted by molar-refractivity contribution is -0.384. The molecule has 20 heavy (non-hydrogen) atoms. The van der Waals surface area contributed by atoms with Crippen molar-refractivity contribution in [1.29, 1.82) is 0 Å². The van der Waals surface area contributed by atoms with Gasteiger partial charge in [-0.15, -0.1) is 0 Å². The number of amides is 1. The van der Waals surface area contributed by atoms with Gasteiger partial charge in [0.15, 0.2) is 11.5 Å². The van der Waals surface area contributed by atoms with Crippen LogP contribution in [0.3, 0.4) is 0 Å². The Morgan fingerprint density at radius 1 is 1.30 bits per heavy atom. The molecule has 0 unspecified atom stereocenters. The lowest BCUT2D eigenvalue weighted by Gasteiger charge is -2.14. The van der Waals surface area contributed by atoms with Crippen molar-refractivity contribution in [2.24, 2.45) is 0 Å². The van der Waals surface area contributed by atoms with Crippen LogP contribution in [0.5, 0.6) is 11.5 Å². The van der Waals surface area contributed by atoms with E-state index in [4.69, 9.17) is 9.47 Å². The van der Waals surface area contributed by atoms with E-state index >= 15 is 0 Å². The molecular weight excluding hydrogens is 266 g/mol. The summed E-state index contributed by atoms with van der Waals surface area (Å²) in [5, 5.41) is 13.8. The van der Waals surface area contributed by atoms with E-state index in [1.54, 1.807) is 14.1 Å². The van der Waals surface area contributed by atoms with Gasteiger partial charge < -0.3 is 19.7 Å². The minimum Gasteiger partial charge on any atom is -0.493 e. The molecule has 0 spiro atoms. The molecule has 1 amide bonds. The Morgan fingerprint density at radius 3 is 2.30 bits per heavy atom. The average Bonchev–Trinajstić information content (AvgIpc) is 2.43. The average molecular weight is 283 g/mol. The molecule has 0 bridgehead atoms. The van der Waals surface area contributed by atoms with E-state index in [0.29, 0.717) is 5.75 Å². The maximum absolute atomic E-state index is 11.5. The van der Waals surface area contributed by atoms with Gasteiger partial charge in [0.2, 0.25) is 5.91 Å². The topological polar surface area (TPSA) is 93.9 Å². The van der Waals surface area contributed by atoms with Gasteiger partial charge in [0.05, 0.1) is 31.8 Å². The van der Waals surface area contributed by atoms with E-state index in [1.165, 1.54) is 31.3 Å². The maximum Gasteiger partial charge on any atom is 0.296 e. The molecule has 0 radical (unpaired) electrons. The number of hydrogen-bond acceptors (Lipinski definition) is 6. The number of carbonyl (C=O) groups is 1. The van der Waals surface area contributed by atoms with Crippen molar-refractivity contribution in [3.8, 4) is 11.5 Å². The molecule has 1 aromatic rings. The van der Waals surface area contributed by atoms with Crippen molar-refractivity contribution in [3.05, 3.63) is 22.2 Å². The van der Waals surface area contributed by atoms with Crippen molar-refractivity contribution in [3.63, 3.8) is 0 Å². The molecule has 0 fully saturated rings. The number of benzene rings is 1. The molecule has 0 aliphatic heterocycles. The van der Waals surface area contributed by atoms with E-state index in [-0.39, 0.29) is 29.6 Å². The molecule has 1 N–H and O–H groups in total. The third-order valence-electron chi connectivity index (χ3n) is 2.63. The Hall–Kier alpha value is -2.51. The number of rotatable bonds is 6. The smallest absolute Gasteiger partial charge is 0.296 e. The van der Waals surface area contributed by atoms with Gasteiger partial charge in [-0.2, -0.15) is 0 Å². The number of hydrogen-bond donors (Lipinski definition) is 1. The molecule has 0 saturated heterocycles. The van der Waals surface area contributed by atoms with E-state index in [0.717, 1.165) is 0 Å². The lowest BCUT2D eigenvalue weighted by Crippen LogP contribution is -2.28. The third kappa shape index (κ3) is 3.50. The zero-order chi connectivity index (χ0) is 15.3. The molecule has 1 rings (SSSR count).